The van der Waals surface area contributed by atoms with Gasteiger partial charge in [0.2, 0.25) is 0 Å². The Labute approximate surface area is 114 Å². The maximum absolute atomic E-state index is 6.02. The first-order valence-electron chi connectivity index (χ1n) is 5.21. The van der Waals surface area contributed by atoms with E-state index in [4.69, 9.17) is 22.2 Å². The summed E-state index contributed by atoms with van der Waals surface area (Å²) in [6.45, 7) is 1.58. The zero-order valence-corrected chi connectivity index (χ0v) is 11.7. The van der Waals surface area contributed by atoms with Crippen LogP contribution in [0.25, 0.3) is 0 Å². The molecule has 0 radical (unpaired) electrons. The molecule has 2 rings (SSSR count). The van der Waals surface area contributed by atoms with Gasteiger partial charge in [0.15, 0.2) is 0 Å². The Morgan fingerprint density at radius 1 is 1.56 bits per heavy atom. The summed E-state index contributed by atoms with van der Waals surface area (Å²) >= 11 is 8.33. The van der Waals surface area contributed by atoms with Gasteiger partial charge in [-0.15, -0.1) is 0 Å². The van der Waals surface area contributed by atoms with Crippen LogP contribution in [0.4, 0.5) is 0 Å². The molecule has 1 heterocycles. The van der Waals surface area contributed by atoms with E-state index >= 15 is 0 Å². The standard InChI is InChI=1S/C11H14ClIN2O/c12-8-1-2-10(13)9(5-8)11(15-14)7-3-4-16-6-7/h1-2,5,7,11,15H,3-4,6,14H2. The normalized spacial score (nSPS) is 22.3. The summed E-state index contributed by atoms with van der Waals surface area (Å²) in [4.78, 5) is 0. The molecule has 0 saturated carbocycles. The molecule has 2 unspecified atom stereocenters. The quantitative estimate of drug-likeness (QED) is 0.499. The van der Waals surface area contributed by atoms with Gasteiger partial charge in [0, 0.05) is 21.1 Å². The fraction of sp³-hybridized carbons (Fsp3) is 0.455. The molecule has 1 aromatic rings. The smallest absolute Gasteiger partial charge is 0.0521 e. The summed E-state index contributed by atoms with van der Waals surface area (Å²) in [6.07, 6.45) is 1.04. The van der Waals surface area contributed by atoms with E-state index in [2.05, 4.69) is 28.0 Å². The number of hydrazine groups is 1. The van der Waals surface area contributed by atoms with E-state index < -0.39 is 0 Å². The summed E-state index contributed by atoms with van der Waals surface area (Å²) in [5.74, 6) is 6.08. The lowest BCUT2D eigenvalue weighted by Gasteiger charge is -2.23. The summed E-state index contributed by atoms with van der Waals surface area (Å²) in [5, 5.41) is 0.745. The number of halogens is 2. The minimum Gasteiger partial charge on any atom is -0.381 e. The second-order valence-electron chi connectivity index (χ2n) is 3.93. The van der Waals surface area contributed by atoms with Crippen LogP contribution in [0.15, 0.2) is 18.2 Å². The molecular formula is C11H14ClIN2O. The van der Waals surface area contributed by atoms with Crippen LogP contribution in [-0.4, -0.2) is 13.2 Å². The van der Waals surface area contributed by atoms with E-state index in [9.17, 15) is 0 Å². The van der Waals surface area contributed by atoms with Gasteiger partial charge in [-0.1, -0.05) is 11.6 Å². The maximum Gasteiger partial charge on any atom is 0.0521 e. The topological polar surface area (TPSA) is 47.3 Å². The molecule has 1 saturated heterocycles. The summed E-state index contributed by atoms with van der Waals surface area (Å²) in [5.41, 5.74) is 4.04. The Morgan fingerprint density at radius 2 is 2.38 bits per heavy atom. The molecule has 88 valence electrons. The molecule has 1 aromatic carbocycles. The molecule has 0 bridgehead atoms. The fourth-order valence-corrected chi connectivity index (χ4v) is 2.90. The third-order valence-electron chi connectivity index (χ3n) is 2.91. The van der Waals surface area contributed by atoms with Crippen molar-refractivity contribution in [1.82, 2.24) is 5.43 Å². The van der Waals surface area contributed by atoms with E-state index in [0.717, 1.165) is 30.2 Å². The van der Waals surface area contributed by atoms with Crippen molar-refractivity contribution in [2.75, 3.05) is 13.2 Å². The van der Waals surface area contributed by atoms with E-state index in [0.29, 0.717) is 5.92 Å². The average molecular weight is 353 g/mol. The number of benzene rings is 1. The van der Waals surface area contributed by atoms with Gasteiger partial charge >= 0.3 is 0 Å². The molecule has 0 spiro atoms. The van der Waals surface area contributed by atoms with Crippen molar-refractivity contribution in [2.24, 2.45) is 11.8 Å². The predicted octanol–water partition coefficient (Wildman–Crippen LogP) is 2.49. The van der Waals surface area contributed by atoms with Crippen molar-refractivity contribution in [3.63, 3.8) is 0 Å². The first kappa shape index (κ1) is 12.6. The second kappa shape index (κ2) is 5.64. The van der Waals surface area contributed by atoms with Crippen LogP contribution in [0.5, 0.6) is 0 Å². The second-order valence-corrected chi connectivity index (χ2v) is 5.53. The van der Waals surface area contributed by atoms with Crippen molar-refractivity contribution >= 4 is 34.2 Å². The van der Waals surface area contributed by atoms with Gasteiger partial charge in [0.05, 0.1) is 12.6 Å². The van der Waals surface area contributed by atoms with Crippen LogP contribution < -0.4 is 11.3 Å². The van der Waals surface area contributed by atoms with Crippen molar-refractivity contribution in [2.45, 2.75) is 12.5 Å². The van der Waals surface area contributed by atoms with Crippen LogP contribution in [0, 0.1) is 9.49 Å². The predicted molar refractivity (Wildman–Crippen MR) is 73.2 cm³/mol. The molecule has 1 fully saturated rings. The fourth-order valence-electron chi connectivity index (χ4n) is 2.05. The minimum atomic E-state index is 0.119. The van der Waals surface area contributed by atoms with Crippen LogP contribution in [-0.2, 0) is 4.74 Å². The van der Waals surface area contributed by atoms with Gasteiger partial charge in [-0.05, 0) is 52.8 Å². The highest BCUT2D eigenvalue weighted by atomic mass is 127. The third kappa shape index (κ3) is 2.68. The van der Waals surface area contributed by atoms with Crippen molar-refractivity contribution in [1.29, 1.82) is 0 Å². The Hall–Kier alpha value is 0.120. The highest BCUT2D eigenvalue weighted by Gasteiger charge is 2.27. The van der Waals surface area contributed by atoms with Crippen molar-refractivity contribution in [3.8, 4) is 0 Å². The first-order valence-corrected chi connectivity index (χ1v) is 6.67. The molecule has 3 N–H and O–H groups in total. The molecule has 1 aliphatic heterocycles. The van der Waals surface area contributed by atoms with Gasteiger partial charge in [0.1, 0.15) is 0 Å². The lowest BCUT2D eigenvalue weighted by molar-refractivity contribution is 0.176. The molecule has 1 aliphatic rings. The monoisotopic (exact) mass is 352 g/mol. The molecule has 0 aromatic heterocycles. The SMILES string of the molecule is NNC(c1cc(Cl)ccc1I)C1CCOC1. The Kier molecular flexibility index (Phi) is 4.43. The minimum absolute atomic E-state index is 0.119. The Balaban J connectivity index is 2.28. The molecule has 5 heteroatoms. The van der Waals surface area contributed by atoms with E-state index in [1.165, 1.54) is 3.57 Å². The zero-order valence-electron chi connectivity index (χ0n) is 8.75. The Bertz CT molecular complexity index is 369. The maximum atomic E-state index is 6.02. The molecule has 16 heavy (non-hydrogen) atoms. The van der Waals surface area contributed by atoms with Gasteiger partial charge in [0.25, 0.3) is 0 Å². The number of ether oxygens (including phenoxy) is 1. The number of nitrogens with two attached hydrogens (primary N) is 1. The number of hydrogen-bond donors (Lipinski definition) is 2. The number of rotatable bonds is 3. The number of hydrogen-bond acceptors (Lipinski definition) is 3. The van der Waals surface area contributed by atoms with Crippen molar-refractivity contribution < 1.29 is 4.74 Å². The molecule has 0 amide bonds. The molecule has 0 aliphatic carbocycles. The van der Waals surface area contributed by atoms with E-state index in [1.807, 2.05) is 18.2 Å². The lowest BCUT2D eigenvalue weighted by atomic mass is 9.93. The highest BCUT2D eigenvalue weighted by Crippen LogP contribution is 2.32. The third-order valence-corrected chi connectivity index (χ3v) is 4.13. The van der Waals surface area contributed by atoms with E-state index in [1.54, 1.807) is 0 Å². The average Bonchev–Trinajstić information content (AvgIpc) is 2.78. The van der Waals surface area contributed by atoms with Gasteiger partial charge in [-0.2, -0.15) is 0 Å². The van der Waals surface area contributed by atoms with Crippen molar-refractivity contribution in [3.05, 3.63) is 32.4 Å². The molecule has 3 nitrogen and oxygen atoms in total. The van der Waals surface area contributed by atoms with Crippen LogP contribution in [0.3, 0.4) is 0 Å². The van der Waals surface area contributed by atoms with E-state index in [-0.39, 0.29) is 6.04 Å². The lowest BCUT2D eigenvalue weighted by Crippen LogP contribution is -2.34. The summed E-state index contributed by atoms with van der Waals surface area (Å²) < 4.78 is 6.58. The van der Waals surface area contributed by atoms with Gasteiger partial charge in [-0.3, -0.25) is 11.3 Å². The van der Waals surface area contributed by atoms with Gasteiger partial charge in [-0.25, -0.2) is 0 Å². The summed E-state index contributed by atoms with van der Waals surface area (Å²) in [7, 11) is 0. The zero-order chi connectivity index (χ0) is 11.5. The molecular weight excluding hydrogens is 338 g/mol. The Morgan fingerprint density at radius 3 is 3.00 bits per heavy atom. The first-order chi connectivity index (χ1) is 7.72. The summed E-state index contributed by atoms with van der Waals surface area (Å²) in [6, 6.07) is 6.00. The highest BCUT2D eigenvalue weighted by molar-refractivity contribution is 14.1. The largest absolute Gasteiger partial charge is 0.381 e. The van der Waals surface area contributed by atoms with Gasteiger partial charge < -0.3 is 4.74 Å². The number of nitrogens with one attached hydrogen (secondary N) is 1. The van der Waals surface area contributed by atoms with Crippen LogP contribution in [0.1, 0.15) is 18.0 Å². The molecule has 2 atom stereocenters. The van der Waals surface area contributed by atoms with Crippen LogP contribution in [0.2, 0.25) is 5.02 Å². The van der Waals surface area contributed by atoms with Crippen LogP contribution >= 0.6 is 34.2 Å².